The van der Waals surface area contributed by atoms with Gasteiger partial charge in [-0.1, -0.05) is 43.7 Å². The lowest BCUT2D eigenvalue weighted by molar-refractivity contribution is -0.135. The number of unbranched alkanes of at least 4 members (excludes halogenated alkanes) is 1. The SMILES string of the molecule is CCCCN1C(=O)/C(=C/c2ccc(OC)cc2OC)C(=O)N(CCc2ccccc2)C1=O. The van der Waals surface area contributed by atoms with Crippen molar-refractivity contribution < 1.29 is 23.9 Å². The molecule has 3 rings (SSSR count). The van der Waals surface area contributed by atoms with Gasteiger partial charge in [0.2, 0.25) is 0 Å². The van der Waals surface area contributed by atoms with Crippen molar-refractivity contribution in [2.45, 2.75) is 26.2 Å². The Kier molecular flexibility index (Phi) is 7.65. The van der Waals surface area contributed by atoms with Crippen molar-refractivity contribution in [3.05, 3.63) is 65.2 Å². The van der Waals surface area contributed by atoms with E-state index in [1.165, 1.54) is 13.2 Å². The first-order chi connectivity index (χ1) is 15.5. The maximum atomic E-state index is 13.2. The van der Waals surface area contributed by atoms with Gasteiger partial charge in [0.05, 0.1) is 14.2 Å². The zero-order valence-electron chi connectivity index (χ0n) is 18.7. The van der Waals surface area contributed by atoms with Gasteiger partial charge >= 0.3 is 6.03 Å². The van der Waals surface area contributed by atoms with E-state index in [-0.39, 0.29) is 18.7 Å². The molecular formula is C25H28N2O5. The molecule has 1 aliphatic heterocycles. The second-order valence-electron chi connectivity index (χ2n) is 7.45. The third-order valence-corrected chi connectivity index (χ3v) is 5.36. The zero-order chi connectivity index (χ0) is 23.1. The first-order valence-electron chi connectivity index (χ1n) is 10.7. The van der Waals surface area contributed by atoms with E-state index in [4.69, 9.17) is 9.47 Å². The molecule has 0 aliphatic carbocycles. The molecule has 0 saturated carbocycles. The van der Waals surface area contributed by atoms with Gasteiger partial charge in [0.25, 0.3) is 11.8 Å². The molecule has 168 valence electrons. The molecule has 4 amide bonds. The van der Waals surface area contributed by atoms with Gasteiger partial charge in [-0.15, -0.1) is 0 Å². The van der Waals surface area contributed by atoms with Gasteiger partial charge in [-0.3, -0.25) is 19.4 Å². The number of imide groups is 2. The van der Waals surface area contributed by atoms with Crippen LogP contribution < -0.4 is 9.47 Å². The van der Waals surface area contributed by atoms with Gasteiger partial charge in [0.1, 0.15) is 17.1 Å². The molecule has 0 spiro atoms. The summed E-state index contributed by atoms with van der Waals surface area (Å²) in [7, 11) is 3.05. The molecule has 0 unspecified atom stereocenters. The average Bonchev–Trinajstić information content (AvgIpc) is 2.82. The quantitative estimate of drug-likeness (QED) is 0.440. The Balaban J connectivity index is 1.96. The number of ether oxygens (including phenoxy) is 2. The molecule has 1 aliphatic rings. The van der Waals surface area contributed by atoms with Crippen LogP contribution in [0.5, 0.6) is 11.5 Å². The van der Waals surface area contributed by atoms with Crippen LogP contribution in [0.1, 0.15) is 30.9 Å². The van der Waals surface area contributed by atoms with Crippen molar-refractivity contribution >= 4 is 23.9 Å². The van der Waals surface area contributed by atoms with Gasteiger partial charge in [0, 0.05) is 24.7 Å². The van der Waals surface area contributed by atoms with Crippen LogP contribution in [0, 0.1) is 0 Å². The number of carbonyl (C=O) groups excluding carboxylic acids is 3. The number of carbonyl (C=O) groups is 3. The van der Waals surface area contributed by atoms with Gasteiger partial charge < -0.3 is 9.47 Å². The summed E-state index contributed by atoms with van der Waals surface area (Å²) in [5.41, 5.74) is 1.50. The fourth-order valence-corrected chi connectivity index (χ4v) is 3.51. The molecule has 32 heavy (non-hydrogen) atoms. The molecule has 0 radical (unpaired) electrons. The monoisotopic (exact) mass is 436 g/mol. The largest absolute Gasteiger partial charge is 0.497 e. The summed E-state index contributed by atoms with van der Waals surface area (Å²) in [6.45, 7) is 2.44. The van der Waals surface area contributed by atoms with Crippen LogP contribution in [-0.2, 0) is 16.0 Å². The summed E-state index contributed by atoms with van der Waals surface area (Å²) < 4.78 is 10.6. The topological polar surface area (TPSA) is 76.2 Å². The summed E-state index contributed by atoms with van der Waals surface area (Å²) in [5, 5.41) is 0. The second-order valence-corrected chi connectivity index (χ2v) is 7.45. The zero-order valence-corrected chi connectivity index (χ0v) is 18.7. The van der Waals surface area contributed by atoms with Gasteiger partial charge in [0.15, 0.2) is 0 Å². The van der Waals surface area contributed by atoms with E-state index in [1.54, 1.807) is 25.3 Å². The highest BCUT2D eigenvalue weighted by Gasteiger charge is 2.41. The van der Waals surface area contributed by atoms with Crippen molar-refractivity contribution in [3.8, 4) is 11.5 Å². The lowest BCUT2D eigenvalue weighted by Gasteiger charge is -2.34. The minimum Gasteiger partial charge on any atom is -0.497 e. The van der Waals surface area contributed by atoms with E-state index in [0.29, 0.717) is 29.9 Å². The minimum absolute atomic E-state index is 0.0581. The Bertz CT molecular complexity index is 1020. The average molecular weight is 437 g/mol. The Morgan fingerprint density at radius 1 is 0.875 bits per heavy atom. The van der Waals surface area contributed by atoms with E-state index in [1.807, 2.05) is 37.3 Å². The number of urea groups is 1. The third-order valence-electron chi connectivity index (χ3n) is 5.36. The number of hydrogen-bond donors (Lipinski definition) is 0. The molecule has 0 bridgehead atoms. The summed E-state index contributed by atoms with van der Waals surface area (Å²) in [4.78, 5) is 41.7. The Morgan fingerprint density at radius 2 is 1.56 bits per heavy atom. The van der Waals surface area contributed by atoms with Crippen LogP contribution >= 0.6 is 0 Å². The molecule has 0 N–H and O–H groups in total. The Morgan fingerprint density at radius 3 is 2.19 bits per heavy atom. The first kappa shape index (κ1) is 23.1. The lowest BCUT2D eigenvalue weighted by Crippen LogP contribution is -2.56. The number of hydrogen-bond acceptors (Lipinski definition) is 5. The van der Waals surface area contributed by atoms with Crippen LogP contribution in [0.25, 0.3) is 6.08 Å². The molecule has 1 heterocycles. The molecule has 7 nitrogen and oxygen atoms in total. The Labute approximate surface area is 188 Å². The number of benzene rings is 2. The van der Waals surface area contributed by atoms with E-state index >= 15 is 0 Å². The highest BCUT2D eigenvalue weighted by Crippen LogP contribution is 2.29. The van der Waals surface area contributed by atoms with Crippen LogP contribution in [0.4, 0.5) is 4.79 Å². The number of methoxy groups -OCH3 is 2. The first-order valence-corrected chi connectivity index (χ1v) is 10.7. The fourth-order valence-electron chi connectivity index (χ4n) is 3.51. The van der Waals surface area contributed by atoms with E-state index in [0.717, 1.165) is 21.8 Å². The normalized spacial score (nSPS) is 15.5. The molecular weight excluding hydrogens is 408 g/mol. The van der Waals surface area contributed by atoms with Gasteiger partial charge in [-0.05, 0) is 36.6 Å². The molecule has 0 atom stereocenters. The molecule has 7 heteroatoms. The van der Waals surface area contributed by atoms with E-state index in [9.17, 15) is 14.4 Å². The fraction of sp³-hybridized carbons (Fsp3) is 0.320. The molecule has 1 fully saturated rings. The highest BCUT2D eigenvalue weighted by atomic mass is 16.5. The number of barbiturate groups is 1. The summed E-state index contributed by atoms with van der Waals surface area (Å²) in [6.07, 6.45) is 3.48. The standard InChI is InChI=1S/C25H28N2O5/c1-4-5-14-26-23(28)21(16-19-11-12-20(31-2)17-22(19)32-3)24(29)27(25(26)30)15-13-18-9-7-6-8-10-18/h6-12,16-17H,4-5,13-15H2,1-3H3/b21-16-. The van der Waals surface area contributed by atoms with Crippen LogP contribution in [0.15, 0.2) is 54.1 Å². The smallest absolute Gasteiger partial charge is 0.333 e. The van der Waals surface area contributed by atoms with Gasteiger partial charge in [-0.2, -0.15) is 0 Å². The number of amides is 4. The van der Waals surface area contributed by atoms with Gasteiger partial charge in [-0.25, -0.2) is 4.79 Å². The maximum Gasteiger partial charge on any atom is 0.333 e. The minimum atomic E-state index is -0.596. The van der Waals surface area contributed by atoms with Crippen molar-refractivity contribution in [2.75, 3.05) is 27.3 Å². The summed E-state index contributed by atoms with van der Waals surface area (Å²) in [6, 6.07) is 14.2. The van der Waals surface area contributed by atoms with Crippen molar-refractivity contribution in [2.24, 2.45) is 0 Å². The molecule has 2 aromatic carbocycles. The predicted molar refractivity (Wildman–Crippen MR) is 121 cm³/mol. The second kappa shape index (κ2) is 10.6. The lowest BCUT2D eigenvalue weighted by atomic mass is 10.0. The van der Waals surface area contributed by atoms with Crippen molar-refractivity contribution in [1.29, 1.82) is 0 Å². The van der Waals surface area contributed by atoms with E-state index in [2.05, 4.69) is 0 Å². The van der Waals surface area contributed by atoms with Crippen LogP contribution in [0.2, 0.25) is 0 Å². The molecule has 1 saturated heterocycles. The summed E-state index contributed by atoms with van der Waals surface area (Å²) in [5.74, 6) is -0.122. The molecule has 0 aromatic heterocycles. The maximum absolute atomic E-state index is 13.2. The van der Waals surface area contributed by atoms with Crippen LogP contribution in [-0.4, -0.2) is 55.0 Å². The van der Waals surface area contributed by atoms with Crippen molar-refractivity contribution in [3.63, 3.8) is 0 Å². The predicted octanol–water partition coefficient (Wildman–Crippen LogP) is 3.92. The number of nitrogens with zero attached hydrogens (tertiary/aromatic N) is 2. The van der Waals surface area contributed by atoms with E-state index < -0.39 is 17.8 Å². The third kappa shape index (κ3) is 4.99. The summed E-state index contributed by atoms with van der Waals surface area (Å²) >= 11 is 0. The highest BCUT2D eigenvalue weighted by molar-refractivity contribution is 6.31. The van der Waals surface area contributed by atoms with Crippen molar-refractivity contribution in [1.82, 2.24) is 9.80 Å². The van der Waals surface area contributed by atoms with Crippen LogP contribution in [0.3, 0.4) is 0 Å². The molecule has 2 aromatic rings. The Hall–Kier alpha value is -3.61. The number of rotatable bonds is 9.